The Hall–Kier alpha value is -1.73. The predicted octanol–water partition coefficient (Wildman–Crippen LogP) is 5.00. The van der Waals surface area contributed by atoms with Crippen LogP contribution < -0.4 is 9.47 Å². The molecule has 0 aliphatic rings. The van der Waals surface area contributed by atoms with E-state index in [0.717, 1.165) is 0 Å². The van der Waals surface area contributed by atoms with Gasteiger partial charge in [-0.1, -0.05) is 24.3 Å². The van der Waals surface area contributed by atoms with E-state index in [9.17, 15) is 13.2 Å². The van der Waals surface area contributed by atoms with Gasteiger partial charge in [-0.2, -0.15) is 0 Å². The lowest BCUT2D eigenvalue weighted by molar-refractivity contribution is -0.274. The van der Waals surface area contributed by atoms with E-state index >= 15 is 0 Å². The zero-order chi connectivity index (χ0) is 16.2. The number of methoxy groups -OCH3 is 1. The molecule has 0 spiro atoms. The molecule has 0 fully saturated rings. The minimum absolute atomic E-state index is 0.0305. The maximum atomic E-state index is 12.5. The summed E-state index contributed by atoms with van der Waals surface area (Å²) in [7, 11) is 1.48. The zero-order valence-corrected chi connectivity index (χ0v) is 13.1. The van der Waals surface area contributed by atoms with Crippen molar-refractivity contribution in [1.29, 1.82) is 0 Å². The lowest BCUT2D eigenvalue weighted by Crippen LogP contribution is -2.17. The molecule has 0 unspecified atom stereocenters. The summed E-state index contributed by atoms with van der Waals surface area (Å²) in [5, 5.41) is 0. The molecule has 118 valence electrons. The van der Waals surface area contributed by atoms with Gasteiger partial charge in [0, 0.05) is 12.7 Å². The summed E-state index contributed by atoms with van der Waals surface area (Å²) in [6.45, 7) is 0.0305. The summed E-state index contributed by atoms with van der Waals surface area (Å²) in [5.41, 5.74) is 0.851. The highest BCUT2D eigenvalue weighted by Gasteiger charge is 2.32. The standard InChI is InChI=1S/C15H12BrF3O3/c1-20-9-21-14-8-10(6-7-12(14)16)11-4-2-3-5-13(11)22-15(17,18)19/h2-8H,9H2,1H3. The van der Waals surface area contributed by atoms with Crippen LogP contribution in [0.3, 0.4) is 0 Å². The Kier molecular flexibility index (Phi) is 5.31. The Bertz CT molecular complexity index is 644. The van der Waals surface area contributed by atoms with Crippen molar-refractivity contribution in [2.24, 2.45) is 0 Å². The molecule has 22 heavy (non-hydrogen) atoms. The molecule has 2 aromatic rings. The van der Waals surface area contributed by atoms with E-state index < -0.39 is 6.36 Å². The fourth-order valence-electron chi connectivity index (χ4n) is 1.82. The number of hydrogen-bond acceptors (Lipinski definition) is 3. The number of ether oxygens (including phenoxy) is 3. The number of rotatable bonds is 5. The first-order valence-electron chi connectivity index (χ1n) is 6.17. The van der Waals surface area contributed by atoms with E-state index in [1.807, 2.05) is 0 Å². The number of para-hydroxylation sites is 1. The van der Waals surface area contributed by atoms with Gasteiger partial charge in [0.2, 0.25) is 0 Å². The smallest absolute Gasteiger partial charge is 0.466 e. The van der Waals surface area contributed by atoms with Gasteiger partial charge < -0.3 is 14.2 Å². The molecule has 0 atom stereocenters. The molecule has 0 saturated heterocycles. The van der Waals surface area contributed by atoms with Gasteiger partial charge in [-0.25, -0.2) is 0 Å². The minimum atomic E-state index is -4.75. The Morgan fingerprint density at radius 1 is 1.05 bits per heavy atom. The van der Waals surface area contributed by atoms with Crippen LogP contribution in [-0.2, 0) is 4.74 Å². The fraction of sp³-hybridized carbons (Fsp3) is 0.200. The molecule has 0 N–H and O–H groups in total. The minimum Gasteiger partial charge on any atom is -0.466 e. The quantitative estimate of drug-likeness (QED) is 0.687. The van der Waals surface area contributed by atoms with Crippen molar-refractivity contribution in [2.45, 2.75) is 6.36 Å². The molecule has 0 bridgehead atoms. The summed E-state index contributed by atoms with van der Waals surface area (Å²) in [6.07, 6.45) is -4.75. The van der Waals surface area contributed by atoms with Gasteiger partial charge in [0.1, 0.15) is 11.5 Å². The Labute approximate surface area is 133 Å². The first-order chi connectivity index (χ1) is 10.4. The molecule has 0 heterocycles. The second-order valence-corrected chi connectivity index (χ2v) is 5.09. The number of halogens is 4. The van der Waals surface area contributed by atoms with Crippen LogP contribution in [0.5, 0.6) is 11.5 Å². The summed E-state index contributed by atoms with van der Waals surface area (Å²) < 4.78 is 52.3. The largest absolute Gasteiger partial charge is 0.573 e. The highest BCUT2D eigenvalue weighted by atomic mass is 79.9. The van der Waals surface area contributed by atoms with E-state index in [1.54, 1.807) is 30.3 Å². The van der Waals surface area contributed by atoms with Crippen molar-refractivity contribution in [3.05, 3.63) is 46.9 Å². The van der Waals surface area contributed by atoms with Gasteiger partial charge in [-0.15, -0.1) is 13.2 Å². The SMILES string of the molecule is COCOc1cc(-c2ccccc2OC(F)(F)F)ccc1Br. The molecule has 3 nitrogen and oxygen atoms in total. The summed E-state index contributed by atoms with van der Waals surface area (Å²) >= 11 is 3.31. The molecular weight excluding hydrogens is 365 g/mol. The molecule has 0 aliphatic carbocycles. The Morgan fingerprint density at radius 2 is 1.77 bits per heavy atom. The van der Waals surface area contributed by atoms with E-state index in [4.69, 9.17) is 9.47 Å². The lowest BCUT2D eigenvalue weighted by Gasteiger charge is -2.14. The predicted molar refractivity (Wildman–Crippen MR) is 78.8 cm³/mol. The average Bonchev–Trinajstić information content (AvgIpc) is 2.45. The van der Waals surface area contributed by atoms with Crippen molar-refractivity contribution in [2.75, 3.05) is 13.9 Å². The molecular formula is C15H12BrF3O3. The van der Waals surface area contributed by atoms with Gasteiger partial charge in [-0.05, 0) is 39.7 Å². The molecule has 0 amide bonds. The summed E-state index contributed by atoms with van der Waals surface area (Å²) in [6, 6.07) is 10.9. The van der Waals surface area contributed by atoms with Crippen molar-refractivity contribution >= 4 is 15.9 Å². The number of hydrogen-bond donors (Lipinski definition) is 0. The summed E-state index contributed by atoms with van der Waals surface area (Å²) in [4.78, 5) is 0. The Morgan fingerprint density at radius 3 is 2.45 bits per heavy atom. The van der Waals surface area contributed by atoms with Crippen LogP contribution in [0.2, 0.25) is 0 Å². The third-order valence-corrected chi connectivity index (χ3v) is 3.34. The molecule has 0 aromatic heterocycles. The van der Waals surface area contributed by atoms with Crippen LogP contribution in [-0.4, -0.2) is 20.3 Å². The van der Waals surface area contributed by atoms with Crippen molar-refractivity contribution in [1.82, 2.24) is 0 Å². The average molecular weight is 377 g/mol. The molecule has 0 radical (unpaired) electrons. The van der Waals surface area contributed by atoms with Crippen molar-refractivity contribution in [3.63, 3.8) is 0 Å². The third kappa shape index (κ3) is 4.38. The molecule has 2 aromatic carbocycles. The summed E-state index contributed by atoms with van der Waals surface area (Å²) in [5.74, 6) is 0.191. The van der Waals surface area contributed by atoms with Crippen LogP contribution >= 0.6 is 15.9 Å². The normalized spacial score (nSPS) is 11.3. The van der Waals surface area contributed by atoms with Gasteiger partial charge >= 0.3 is 6.36 Å². The van der Waals surface area contributed by atoms with Crippen molar-refractivity contribution in [3.8, 4) is 22.6 Å². The maximum Gasteiger partial charge on any atom is 0.573 e. The van der Waals surface area contributed by atoms with E-state index in [2.05, 4.69) is 20.7 Å². The van der Waals surface area contributed by atoms with Gasteiger partial charge in [-0.3, -0.25) is 0 Å². The monoisotopic (exact) mass is 376 g/mol. The van der Waals surface area contributed by atoms with Crippen LogP contribution in [0.4, 0.5) is 13.2 Å². The van der Waals surface area contributed by atoms with E-state index in [0.29, 0.717) is 21.3 Å². The highest BCUT2D eigenvalue weighted by molar-refractivity contribution is 9.10. The topological polar surface area (TPSA) is 27.7 Å². The van der Waals surface area contributed by atoms with Crippen LogP contribution in [0.15, 0.2) is 46.9 Å². The van der Waals surface area contributed by atoms with E-state index in [1.165, 1.54) is 19.2 Å². The molecule has 7 heteroatoms. The zero-order valence-electron chi connectivity index (χ0n) is 11.5. The fourth-order valence-corrected chi connectivity index (χ4v) is 2.18. The first kappa shape index (κ1) is 16.6. The molecule has 2 rings (SSSR count). The maximum absolute atomic E-state index is 12.5. The highest BCUT2D eigenvalue weighted by Crippen LogP contribution is 2.37. The van der Waals surface area contributed by atoms with Gasteiger partial charge in [0.25, 0.3) is 0 Å². The Balaban J connectivity index is 2.39. The first-order valence-corrected chi connectivity index (χ1v) is 6.96. The van der Waals surface area contributed by atoms with Gasteiger partial charge in [0.15, 0.2) is 6.79 Å². The molecule has 0 saturated carbocycles. The van der Waals surface area contributed by atoms with Crippen LogP contribution in [0.25, 0.3) is 11.1 Å². The third-order valence-electron chi connectivity index (χ3n) is 2.69. The second kappa shape index (κ2) is 7.02. The van der Waals surface area contributed by atoms with Crippen molar-refractivity contribution < 1.29 is 27.4 Å². The van der Waals surface area contributed by atoms with Crippen LogP contribution in [0, 0.1) is 0 Å². The van der Waals surface area contributed by atoms with Crippen LogP contribution in [0.1, 0.15) is 0 Å². The number of alkyl halides is 3. The lowest BCUT2D eigenvalue weighted by atomic mass is 10.0. The molecule has 0 aliphatic heterocycles. The second-order valence-electron chi connectivity index (χ2n) is 4.24. The van der Waals surface area contributed by atoms with Gasteiger partial charge in [0.05, 0.1) is 4.47 Å². The van der Waals surface area contributed by atoms with E-state index in [-0.39, 0.29) is 12.5 Å². The number of benzene rings is 2.